The van der Waals surface area contributed by atoms with Gasteiger partial charge < -0.3 is 0 Å². The van der Waals surface area contributed by atoms with E-state index < -0.39 is 0 Å². The lowest BCUT2D eigenvalue weighted by molar-refractivity contribution is -0.0706. The highest BCUT2D eigenvalue weighted by atomic mass is 14.6. The molecule has 0 radical (unpaired) electrons. The molecule has 3 aliphatic rings. The molecule has 0 spiro atoms. The Morgan fingerprint density at radius 2 is 1.85 bits per heavy atom. The molecule has 148 valence electrons. The Balaban J connectivity index is 1.88. The Morgan fingerprint density at radius 3 is 2.46 bits per heavy atom. The lowest BCUT2D eigenvalue weighted by Gasteiger charge is -2.59. The molecule has 0 heterocycles. The first-order chi connectivity index (χ1) is 12.1. The van der Waals surface area contributed by atoms with Crippen LogP contribution in [0, 0.1) is 46.3 Å². The zero-order chi connectivity index (χ0) is 19.3. The van der Waals surface area contributed by atoms with Crippen LogP contribution >= 0.6 is 0 Å². The van der Waals surface area contributed by atoms with Crippen molar-refractivity contribution in [1.82, 2.24) is 0 Å². The van der Waals surface area contributed by atoms with Crippen LogP contribution in [0.3, 0.4) is 0 Å². The van der Waals surface area contributed by atoms with Crippen LogP contribution in [-0.4, -0.2) is 0 Å². The molecule has 0 aromatic heterocycles. The second kappa shape index (κ2) is 7.14. The number of hydrogen-bond donors (Lipinski definition) is 0. The first kappa shape index (κ1) is 20.2. The van der Waals surface area contributed by atoms with E-state index in [-0.39, 0.29) is 0 Å². The maximum absolute atomic E-state index is 4.67. The summed E-state index contributed by atoms with van der Waals surface area (Å²) in [5.41, 5.74) is 4.02. The van der Waals surface area contributed by atoms with Crippen molar-refractivity contribution in [2.45, 2.75) is 92.9 Å². The van der Waals surface area contributed by atoms with Crippen LogP contribution in [0.2, 0.25) is 0 Å². The molecular formula is C26H44. The van der Waals surface area contributed by atoms with E-state index >= 15 is 0 Å². The van der Waals surface area contributed by atoms with Crippen LogP contribution in [0.15, 0.2) is 24.3 Å². The van der Waals surface area contributed by atoms with Crippen molar-refractivity contribution in [3.8, 4) is 0 Å². The first-order valence-electron chi connectivity index (χ1n) is 11.4. The molecule has 7 unspecified atom stereocenters. The smallest absolute Gasteiger partial charge is 0.0139 e. The van der Waals surface area contributed by atoms with Crippen molar-refractivity contribution in [3.05, 3.63) is 24.3 Å². The van der Waals surface area contributed by atoms with Crippen molar-refractivity contribution in [2.75, 3.05) is 0 Å². The van der Waals surface area contributed by atoms with Gasteiger partial charge >= 0.3 is 0 Å². The van der Waals surface area contributed by atoms with Gasteiger partial charge in [-0.1, -0.05) is 52.3 Å². The largest absolute Gasteiger partial charge is 0.100 e. The summed E-state index contributed by atoms with van der Waals surface area (Å²) in [6, 6.07) is 0. The van der Waals surface area contributed by atoms with E-state index in [2.05, 4.69) is 54.7 Å². The maximum atomic E-state index is 4.67. The van der Waals surface area contributed by atoms with Gasteiger partial charge in [-0.25, -0.2) is 0 Å². The summed E-state index contributed by atoms with van der Waals surface area (Å²) >= 11 is 0. The highest BCUT2D eigenvalue weighted by Gasteiger charge is 2.59. The average Bonchev–Trinajstić information content (AvgIpc) is 2.86. The third-order valence-corrected chi connectivity index (χ3v) is 9.33. The van der Waals surface area contributed by atoms with Gasteiger partial charge in [0.2, 0.25) is 0 Å². The standard InChI is InChI=1S/C26H44/c1-17(2)11-13-25(7)20(6)16-19(5)24-22-10-9-21(15-18(3)4)26(22,8)14-12-23(24)25/h18,20-24H,1,5,9-16H2,2-4,6-8H3. The molecule has 0 aromatic rings. The third kappa shape index (κ3) is 3.24. The molecule has 3 rings (SSSR count). The molecule has 3 fully saturated rings. The minimum atomic E-state index is 0.474. The molecule has 0 nitrogen and oxygen atoms in total. The fourth-order valence-corrected chi connectivity index (χ4v) is 7.56. The Labute approximate surface area is 163 Å². The fraction of sp³-hybridized carbons (Fsp3) is 0.846. The lowest BCUT2D eigenvalue weighted by Crippen LogP contribution is -2.52. The molecule has 3 aliphatic carbocycles. The second-order valence-corrected chi connectivity index (χ2v) is 11.4. The summed E-state index contributed by atoms with van der Waals surface area (Å²) in [7, 11) is 0. The van der Waals surface area contributed by atoms with Crippen LogP contribution in [-0.2, 0) is 0 Å². The minimum Gasteiger partial charge on any atom is -0.100 e. The van der Waals surface area contributed by atoms with E-state index in [9.17, 15) is 0 Å². The van der Waals surface area contributed by atoms with Crippen molar-refractivity contribution in [3.63, 3.8) is 0 Å². The van der Waals surface area contributed by atoms with E-state index in [0.717, 1.165) is 35.5 Å². The van der Waals surface area contributed by atoms with Crippen LogP contribution in [0.25, 0.3) is 0 Å². The molecule has 26 heavy (non-hydrogen) atoms. The van der Waals surface area contributed by atoms with Gasteiger partial charge in [-0.3, -0.25) is 0 Å². The summed E-state index contributed by atoms with van der Waals surface area (Å²) in [6.45, 7) is 23.7. The van der Waals surface area contributed by atoms with E-state index in [1.165, 1.54) is 56.9 Å². The van der Waals surface area contributed by atoms with Gasteiger partial charge in [0, 0.05) is 0 Å². The zero-order valence-corrected chi connectivity index (χ0v) is 18.5. The quantitative estimate of drug-likeness (QED) is 0.437. The van der Waals surface area contributed by atoms with Gasteiger partial charge in [0.15, 0.2) is 0 Å². The molecule has 7 atom stereocenters. The van der Waals surface area contributed by atoms with E-state index in [0.29, 0.717) is 10.8 Å². The van der Waals surface area contributed by atoms with Gasteiger partial charge in [-0.2, -0.15) is 0 Å². The highest BCUT2D eigenvalue weighted by Crippen LogP contribution is 2.67. The number of hydrogen-bond acceptors (Lipinski definition) is 0. The average molecular weight is 357 g/mol. The molecule has 0 aromatic carbocycles. The van der Waals surface area contributed by atoms with Crippen molar-refractivity contribution >= 4 is 0 Å². The van der Waals surface area contributed by atoms with Crippen LogP contribution in [0.5, 0.6) is 0 Å². The SMILES string of the molecule is C=C(C)CCC1(C)C(C)CC(=C)C2C1CCC1(C)C(CC(C)C)CCC21. The van der Waals surface area contributed by atoms with Crippen molar-refractivity contribution in [2.24, 2.45) is 46.3 Å². The fourth-order valence-electron chi connectivity index (χ4n) is 7.56. The minimum absolute atomic E-state index is 0.474. The highest BCUT2D eigenvalue weighted by molar-refractivity contribution is 5.20. The normalized spacial score (nSPS) is 45.5. The van der Waals surface area contributed by atoms with E-state index in [4.69, 9.17) is 0 Å². The van der Waals surface area contributed by atoms with Gasteiger partial charge in [0.05, 0.1) is 0 Å². The lowest BCUT2D eigenvalue weighted by atomic mass is 9.45. The monoisotopic (exact) mass is 356 g/mol. The summed E-state index contributed by atoms with van der Waals surface area (Å²) in [6.07, 6.45) is 11.0. The van der Waals surface area contributed by atoms with E-state index in [1.807, 2.05) is 0 Å². The third-order valence-electron chi connectivity index (χ3n) is 9.33. The predicted molar refractivity (Wildman–Crippen MR) is 115 cm³/mol. The second-order valence-electron chi connectivity index (χ2n) is 11.4. The molecule has 0 saturated heterocycles. The Bertz CT molecular complexity index is 554. The summed E-state index contributed by atoms with van der Waals surface area (Å²) in [5.74, 6) is 5.10. The number of fused-ring (bicyclic) bond motifs is 3. The Kier molecular flexibility index (Phi) is 5.55. The van der Waals surface area contributed by atoms with Crippen molar-refractivity contribution in [1.29, 1.82) is 0 Å². The Hall–Kier alpha value is -0.520. The zero-order valence-electron chi connectivity index (χ0n) is 18.5. The molecular weight excluding hydrogens is 312 g/mol. The summed E-state index contributed by atoms with van der Waals surface area (Å²) < 4.78 is 0. The van der Waals surface area contributed by atoms with Gasteiger partial charge in [-0.05, 0) is 105 Å². The maximum Gasteiger partial charge on any atom is -0.0139 e. The van der Waals surface area contributed by atoms with Crippen LogP contribution in [0.4, 0.5) is 0 Å². The van der Waals surface area contributed by atoms with Crippen molar-refractivity contribution < 1.29 is 0 Å². The molecule has 0 heteroatoms. The van der Waals surface area contributed by atoms with Gasteiger partial charge in [-0.15, -0.1) is 6.58 Å². The van der Waals surface area contributed by atoms with Crippen LogP contribution in [0.1, 0.15) is 92.9 Å². The molecule has 0 N–H and O–H groups in total. The summed E-state index contributed by atoms with van der Waals surface area (Å²) in [4.78, 5) is 0. The topological polar surface area (TPSA) is 0 Å². The summed E-state index contributed by atoms with van der Waals surface area (Å²) in [5, 5.41) is 0. The molecule has 3 saturated carbocycles. The molecule has 0 bridgehead atoms. The first-order valence-corrected chi connectivity index (χ1v) is 11.4. The van der Waals surface area contributed by atoms with Crippen LogP contribution < -0.4 is 0 Å². The molecule has 0 amide bonds. The Morgan fingerprint density at radius 1 is 1.15 bits per heavy atom. The van der Waals surface area contributed by atoms with Gasteiger partial charge in [0.25, 0.3) is 0 Å². The number of rotatable bonds is 5. The molecule has 0 aliphatic heterocycles. The van der Waals surface area contributed by atoms with E-state index in [1.54, 1.807) is 5.57 Å². The predicted octanol–water partition coefficient (Wildman–Crippen LogP) is 8.05. The van der Waals surface area contributed by atoms with Gasteiger partial charge in [0.1, 0.15) is 0 Å². The number of allylic oxidation sites excluding steroid dienone is 2.